The van der Waals surface area contributed by atoms with Crippen LogP contribution in [-0.4, -0.2) is 19.9 Å². The SMILES string of the molecule is Cc1cc(-c2noc(C(F)F)c2-c2ccc(S(N)(=O)=O)c(F)c2)ccc1OC(F)(F)F. The molecule has 0 aliphatic heterocycles. The summed E-state index contributed by atoms with van der Waals surface area (Å²) in [6.45, 7) is 1.29. The number of nitrogens with two attached hydrogens (primary N) is 1. The first kappa shape index (κ1) is 22.6. The van der Waals surface area contributed by atoms with Gasteiger partial charge in [0.25, 0.3) is 6.43 Å². The molecule has 1 aromatic heterocycles. The lowest BCUT2D eigenvalue weighted by Crippen LogP contribution is -2.17. The molecular weight excluding hydrogens is 454 g/mol. The Morgan fingerprint density at radius 2 is 1.74 bits per heavy atom. The van der Waals surface area contributed by atoms with Crippen LogP contribution >= 0.6 is 0 Å². The number of aryl methyl sites for hydroxylation is 1. The highest BCUT2D eigenvalue weighted by atomic mass is 32.2. The first-order valence-corrected chi connectivity index (χ1v) is 9.80. The summed E-state index contributed by atoms with van der Waals surface area (Å²) in [6.07, 6.45) is -8.11. The van der Waals surface area contributed by atoms with Crippen molar-refractivity contribution in [2.24, 2.45) is 5.14 Å². The second-order valence-corrected chi connectivity index (χ2v) is 7.82. The monoisotopic (exact) mass is 466 g/mol. The zero-order valence-electron chi connectivity index (χ0n) is 15.4. The molecule has 3 rings (SSSR count). The first-order valence-electron chi connectivity index (χ1n) is 8.25. The maximum Gasteiger partial charge on any atom is 0.573 e. The van der Waals surface area contributed by atoms with E-state index < -0.39 is 45.0 Å². The van der Waals surface area contributed by atoms with Gasteiger partial charge >= 0.3 is 6.36 Å². The highest BCUT2D eigenvalue weighted by Gasteiger charge is 2.32. The summed E-state index contributed by atoms with van der Waals surface area (Å²) in [7, 11) is -4.40. The van der Waals surface area contributed by atoms with E-state index in [2.05, 4.69) is 14.4 Å². The van der Waals surface area contributed by atoms with Crippen LogP contribution in [0.2, 0.25) is 0 Å². The molecule has 0 bridgehead atoms. The van der Waals surface area contributed by atoms with Gasteiger partial charge in [0.1, 0.15) is 22.2 Å². The molecule has 13 heteroatoms. The van der Waals surface area contributed by atoms with Gasteiger partial charge in [0.15, 0.2) is 0 Å². The van der Waals surface area contributed by atoms with Crippen molar-refractivity contribution in [1.82, 2.24) is 5.16 Å². The summed E-state index contributed by atoms with van der Waals surface area (Å²) in [4.78, 5) is -0.850. The summed E-state index contributed by atoms with van der Waals surface area (Å²) in [5, 5.41) is 8.44. The van der Waals surface area contributed by atoms with E-state index in [1.165, 1.54) is 13.0 Å². The number of aromatic nitrogens is 1. The lowest BCUT2D eigenvalue weighted by molar-refractivity contribution is -0.274. The van der Waals surface area contributed by atoms with E-state index in [1.54, 1.807) is 0 Å². The van der Waals surface area contributed by atoms with Crippen LogP contribution in [0.3, 0.4) is 0 Å². The number of halogens is 6. The molecule has 0 amide bonds. The average molecular weight is 466 g/mol. The predicted octanol–water partition coefficient (Wildman–Crippen LogP) is 4.94. The molecule has 2 aromatic carbocycles. The lowest BCUT2D eigenvalue weighted by atomic mass is 9.98. The Balaban J connectivity index is 2.15. The second kappa shape index (κ2) is 7.89. The number of hydrogen-bond donors (Lipinski definition) is 1. The summed E-state index contributed by atoms with van der Waals surface area (Å²) in [6, 6.07) is 5.75. The Bertz CT molecular complexity index is 1240. The number of ether oxygens (including phenoxy) is 1. The van der Waals surface area contributed by atoms with Gasteiger partial charge in [-0.2, -0.15) is 0 Å². The summed E-state index contributed by atoms with van der Waals surface area (Å²) >= 11 is 0. The van der Waals surface area contributed by atoms with Crippen LogP contribution in [0.1, 0.15) is 17.7 Å². The van der Waals surface area contributed by atoms with Gasteiger partial charge in [-0.25, -0.2) is 26.7 Å². The van der Waals surface area contributed by atoms with Crippen molar-refractivity contribution in [2.45, 2.75) is 24.6 Å². The predicted molar refractivity (Wildman–Crippen MR) is 95.1 cm³/mol. The van der Waals surface area contributed by atoms with Crippen LogP contribution in [0.4, 0.5) is 26.3 Å². The third-order valence-corrected chi connectivity index (χ3v) is 5.06. The van der Waals surface area contributed by atoms with Crippen LogP contribution in [0.5, 0.6) is 5.75 Å². The highest BCUT2D eigenvalue weighted by Crippen LogP contribution is 2.41. The van der Waals surface area contributed by atoms with E-state index in [4.69, 9.17) is 5.14 Å². The molecule has 0 atom stereocenters. The summed E-state index contributed by atoms with van der Waals surface area (Å²) in [5.41, 5.74) is -0.699. The third-order valence-electron chi connectivity index (χ3n) is 4.12. The van der Waals surface area contributed by atoms with Gasteiger partial charge in [0.2, 0.25) is 15.8 Å². The fourth-order valence-electron chi connectivity index (χ4n) is 2.85. The molecular formula is C18H12F6N2O4S. The third kappa shape index (κ3) is 4.82. The average Bonchev–Trinajstić information content (AvgIpc) is 3.06. The fraction of sp³-hybridized carbons (Fsp3) is 0.167. The molecule has 0 aliphatic carbocycles. The van der Waals surface area contributed by atoms with E-state index in [0.717, 1.165) is 24.3 Å². The molecule has 1 heterocycles. The minimum absolute atomic E-state index is 0.0122. The van der Waals surface area contributed by atoms with E-state index in [9.17, 15) is 34.8 Å². The zero-order valence-corrected chi connectivity index (χ0v) is 16.2. The Labute approximate surface area is 171 Å². The zero-order chi connectivity index (χ0) is 23.1. The Kier molecular flexibility index (Phi) is 5.76. The Morgan fingerprint density at radius 1 is 1.10 bits per heavy atom. The van der Waals surface area contributed by atoms with Gasteiger partial charge in [-0.15, -0.1) is 13.2 Å². The lowest BCUT2D eigenvalue weighted by Gasteiger charge is -2.12. The quantitative estimate of drug-likeness (QED) is 0.538. The van der Waals surface area contributed by atoms with Gasteiger partial charge in [-0.1, -0.05) is 11.2 Å². The number of alkyl halides is 5. The normalized spacial score (nSPS) is 12.4. The standard InChI is InChI=1S/C18H12F6N2O4S/c1-8-6-10(2-4-12(8)29-18(22,23)24)15-14(16(17(20)21)30-26-15)9-3-5-13(11(19)7-9)31(25,27)28/h2-7,17H,1H3,(H2,25,27,28). The van der Waals surface area contributed by atoms with Crippen LogP contribution in [0.25, 0.3) is 22.4 Å². The number of primary sulfonamides is 1. The topological polar surface area (TPSA) is 95.4 Å². The molecule has 0 radical (unpaired) electrons. The molecule has 6 nitrogen and oxygen atoms in total. The highest BCUT2D eigenvalue weighted by molar-refractivity contribution is 7.89. The molecule has 166 valence electrons. The summed E-state index contributed by atoms with van der Waals surface area (Å²) in [5.74, 6) is -2.75. The molecule has 2 N–H and O–H groups in total. The number of nitrogens with zero attached hydrogens (tertiary/aromatic N) is 1. The van der Waals surface area contributed by atoms with Crippen LogP contribution in [0.15, 0.2) is 45.8 Å². The Morgan fingerprint density at radius 3 is 2.26 bits per heavy atom. The second-order valence-electron chi connectivity index (χ2n) is 6.29. The molecule has 0 fully saturated rings. The largest absolute Gasteiger partial charge is 0.573 e. The van der Waals surface area contributed by atoms with Crippen molar-refractivity contribution in [2.75, 3.05) is 0 Å². The number of hydrogen-bond acceptors (Lipinski definition) is 5. The van der Waals surface area contributed by atoms with Gasteiger partial charge in [-0.05, 0) is 48.4 Å². The van der Waals surface area contributed by atoms with Crippen molar-refractivity contribution in [1.29, 1.82) is 0 Å². The van der Waals surface area contributed by atoms with Gasteiger partial charge in [-0.3, -0.25) is 0 Å². The fourth-order valence-corrected chi connectivity index (χ4v) is 3.44. The van der Waals surface area contributed by atoms with E-state index in [1.807, 2.05) is 0 Å². The molecule has 0 unspecified atom stereocenters. The van der Waals surface area contributed by atoms with E-state index in [0.29, 0.717) is 6.07 Å². The molecule has 0 saturated heterocycles. The molecule has 3 aromatic rings. The van der Waals surface area contributed by atoms with Crippen molar-refractivity contribution in [3.05, 3.63) is 53.5 Å². The molecule has 0 saturated carbocycles. The Hall–Kier alpha value is -3.06. The van der Waals surface area contributed by atoms with Crippen LogP contribution in [-0.2, 0) is 10.0 Å². The first-order chi connectivity index (χ1) is 14.3. The van der Waals surface area contributed by atoms with Crippen LogP contribution < -0.4 is 9.88 Å². The van der Waals surface area contributed by atoms with Gasteiger partial charge in [0.05, 0.1) is 5.56 Å². The summed E-state index contributed by atoms with van der Waals surface area (Å²) < 4.78 is 110. The van der Waals surface area contributed by atoms with Crippen molar-refractivity contribution in [3.8, 4) is 28.1 Å². The number of rotatable bonds is 5. The molecule has 0 aliphatic rings. The minimum Gasteiger partial charge on any atom is -0.406 e. The van der Waals surface area contributed by atoms with Crippen molar-refractivity contribution in [3.63, 3.8) is 0 Å². The molecule has 31 heavy (non-hydrogen) atoms. The smallest absolute Gasteiger partial charge is 0.406 e. The number of sulfonamides is 1. The van der Waals surface area contributed by atoms with Crippen LogP contribution in [0, 0.1) is 12.7 Å². The van der Waals surface area contributed by atoms with E-state index >= 15 is 0 Å². The van der Waals surface area contributed by atoms with Crippen molar-refractivity contribution < 1.29 is 44.0 Å². The molecule has 0 spiro atoms. The van der Waals surface area contributed by atoms with Crippen molar-refractivity contribution >= 4 is 10.0 Å². The van der Waals surface area contributed by atoms with Gasteiger partial charge < -0.3 is 9.26 Å². The maximum absolute atomic E-state index is 14.3. The van der Waals surface area contributed by atoms with E-state index in [-0.39, 0.29) is 27.9 Å². The number of benzene rings is 2. The van der Waals surface area contributed by atoms with Gasteiger partial charge in [0, 0.05) is 5.56 Å². The minimum atomic E-state index is -4.93. The maximum atomic E-state index is 14.3.